The first-order valence-corrected chi connectivity index (χ1v) is 12.9. The van der Waals surface area contributed by atoms with Crippen LogP contribution in [0, 0.1) is 6.92 Å². The lowest BCUT2D eigenvalue weighted by Crippen LogP contribution is -2.40. The van der Waals surface area contributed by atoms with Gasteiger partial charge in [0.15, 0.2) is 6.10 Å². The standard InChI is InChI=1S/C27H26O9S/c1-18-12-14-21(15-13-18)37(31,32)34-17-22-24(28)25(36-27(30)20-10-6-3-7-11-20)23(35-22)16-33-26(29)19-8-4-2-5-9-19/h2-15,22-25,28H,16-17H2,1H3/t22-,23-,24-,25+/m0/s1. The Morgan fingerprint density at radius 3 is 1.97 bits per heavy atom. The lowest BCUT2D eigenvalue weighted by Gasteiger charge is -2.21. The summed E-state index contributed by atoms with van der Waals surface area (Å²) in [6.45, 7) is 0.931. The maximum absolute atomic E-state index is 12.7. The number of rotatable bonds is 9. The highest BCUT2D eigenvalue weighted by Crippen LogP contribution is 2.27. The fourth-order valence-corrected chi connectivity index (χ4v) is 4.66. The molecular weight excluding hydrogens is 500 g/mol. The third-order valence-corrected chi connectivity index (χ3v) is 7.07. The van der Waals surface area contributed by atoms with Crippen molar-refractivity contribution in [3.05, 3.63) is 102 Å². The molecule has 0 aliphatic carbocycles. The lowest BCUT2D eigenvalue weighted by atomic mass is 10.1. The van der Waals surface area contributed by atoms with Gasteiger partial charge in [-0.25, -0.2) is 9.59 Å². The molecule has 1 saturated heterocycles. The second-order valence-electron chi connectivity index (χ2n) is 8.46. The van der Waals surface area contributed by atoms with Crippen LogP contribution < -0.4 is 0 Å². The minimum atomic E-state index is -4.13. The maximum atomic E-state index is 12.7. The van der Waals surface area contributed by atoms with Gasteiger partial charge >= 0.3 is 11.9 Å². The van der Waals surface area contributed by atoms with Gasteiger partial charge in [0.2, 0.25) is 0 Å². The Labute approximate surface area is 214 Å². The molecule has 0 radical (unpaired) electrons. The molecular formula is C27H26O9S. The minimum Gasteiger partial charge on any atom is -0.459 e. The van der Waals surface area contributed by atoms with Crippen LogP contribution in [-0.4, -0.2) is 63.1 Å². The van der Waals surface area contributed by atoms with Crippen molar-refractivity contribution >= 4 is 22.1 Å². The molecule has 1 heterocycles. The van der Waals surface area contributed by atoms with Crippen LogP contribution in [0.1, 0.15) is 26.3 Å². The van der Waals surface area contributed by atoms with Gasteiger partial charge in [-0.3, -0.25) is 4.18 Å². The van der Waals surface area contributed by atoms with Gasteiger partial charge in [-0.1, -0.05) is 54.1 Å². The molecule has 37 heavy (non-hydrogen) atoms. The summed E-state index contributed by atoms with van der Waals surface area (Å²) in [4.78, 5) is 25.0. The van der Waals surface area contributed by atoms with Crippen molar-refractivity contribution < 1.29 is 41.5 Å². The summed E-state index contributed by atoms with van der Waals surface area (Å²) in [7, 11) is -4.13. The molecule has 194 valence electrons. The van der Waals surface area contributed by atoms with E-state index in [1.807, 2.05) is 6.92 Å². The van der Waals surface area contributed by atoms with Crippen LogP contribution in [0.15, 0.2) is 89.8 Å². The molecule has 3 aromatic carbocycles. The van der Waals surface area contributed by atoms with E-state index in [0.717, 1.165) is 5.56 Å². The zero-order valence-corrected chi connectivity index (χ0v) is 20.7. The van der Waals surface area contributed by atoms with Crippen molar-refractivity contribution in [3.8, 4) is 0 Å². The Balaban J connectivity index is 1.46. The molecule has 1 fully saturated rings. The van der Waals surface area contributed by atoms with Crippen molar-refractivity contribution in [2.45, 2.75) is 36.2 Å². The predicted molar refractivity (Wildman–Crippen MR) is 131 cm³/mol. The van der Waals surface area contributed by atoms with Gasteiger partial charge in [0.05, 0.1) is 22.6 Å². The molecule has 1 aliphatic heterocycles. The molecule has 4 atom stereocenters. The fourth-order valence-electron chi connectivity index (χ4n) is 3.74. The van der Waals surface area contributed by atoms with E-state index in [2.05, 4.69) is 0 Å². The van der Waals surface area contributed by atoms with E-state index in [9.17, 15) is 23.1 Å². The molecule has 9 nitrogen and oxygen atoms in total. The number of aliphatic hydroxyl groups is 1. The minimum absolute atomic E-state index is 0.0500. The topological polar surface area (TPSA) is 125 Å². The highest BCUT2D eigenvalue weighted by molar-refractivity contribution is 7.86. The summed E-state index contributed by atoms with van der Waals surface area (Å²) < 4.78 is 46.9. The summed E-state index contributed by atoms with van der Waals surface area (Å²) in [6, 6.07) is 22.5. The normalized spacial score (nSPS) is 21.4. The smallest absolute Gasteiger partial charge is 0.338 e. The Kier molecular flexibility index (Phi) is 8.34. The first-order chi connectivity index (χ1) is 17.7. The first kappa shape index (κ1) is 26.5. The predicted octanol–water partition coefficient (Wildman–Crippen LogP) is 2.91. The summed E-state index contributed by atoms with van der Waals surface area (Å²) >= 11 is 0. The van der Waals surface area contributed by atoms with E-state index in [4.69, 9.17) is 18.4 Å². The number of carbonyl (C=O) groups is 2. The highest BCUT2D eigenvalue weighted by Gasteiger charge is 2.47. The molecule has 0 amide bonds. The number of ether oxygens (including phenoxy) is 3. The van der Waals surface area contributed by atoms with E-state index in [1.54, 1.807) is 72.8 Å². The molecule has 0 saturated carbocycles. The van der Waals surface area contributed by atoms with Crippen molar-refractivity contribution in [1.29, 1.82) is 0 Å². The molecule has 3 aromatic rings. The van der Waals surface area contributed by atoms with Crippen LogP contribution >= 0.6 is 0 Å². The first-order valence-electron chi connectivity index (χ1n) is 11.5. The Morgan fingerprint density at radius 1 is 0.811 bits per heavy atom. The summed E-state index contributed by atoms with van der Waals surface area (Å²) in [5.41, 5.74) is 1.43. The maximum Gasteiger partial charge on any atom is 0.338 e. The molecule has 0 unspecified atom stereocenters. The second-order valence-corrected chi connectivity index (χ2v) is 10.1. The number of esters is 2. The zero-order valence-electron chi connectivity index (χ0n) is 19.9. The largest absolute Gasteiger partial charge is 0.459 e. The van der Waals surface area contributed by atoms with Gasteiger partial charge in [0.25, 0.3) is 10.1 Å². The molecule has 0 aromatic heterocycles. The third-order valence-electron chi connectivity index (χ3n) is 5.77. The average molecular weight is 527 g/mol. The van der Waals surface area contributed by atoms with E-state index >= 15 is 0 Å². The highest BCUT2D eigenvalue weighted by atomic mass is 32.2. The number of carbonyl (C=O) groups excluding carboxylic acids is 2. The molecule has 4 rings (SSSR count). The summed E-state index contributed by atoms with van der Waals surface area (Å²) in [5.74, 6) is -1.35. The van der Waals surface area contributed by atoms with Crippen molar-refractivity contribution in [1.82, 2.24) is 0 Å². The number of aliphatic hydroxyl groups excluding tert-OH is 1. The molecule has 1 N–H and O–H groups in total. The van der Waals surface area contributed by atoms with Crippen LogP contribution in [0.5, 0.6) is 0 Å². The Bertz CT molecular complexity index is 1310. The van der Waals surface area contributed by atoms with Crippen molar-refractivity contribution in [3.63, 3.8) is 0 Å². The van der Waals surface area contributed by atoms with Crippen LogP contribution in [0.3, 0.4) is 0 Å². The number of hydrogen-bond donors (Lipinski definition) is 1. The number of aryl methyl sites for hydroxylation is 1. The van der Waals surface area contributed by atoms with Gasteiger partial charge < -0.3 is 19.3 Å². The van der Waals surface area contributed by atoms with E-state index in [0.29, 0.717) is 5.56 Å². The van der Waals surface area contributed by atoms with Crippen LogP contribution in [0.25, 0.3) is 0 Å². The van der Waals surface area contributed by atoms with Gasteiger partial charge in [-0.15, -0.1) is 0 Å². The monoisotopic (exact) mass is 526 g/mol. The van der Waals surface area contributed by atoms with Crippen LogP contribution in [0.2, 0.25) is 0 Å². The van der Waals surface area contributed by atoms with Gasteiger partial charge in [-0.2, -0.15) is 8.42 Å². The number of hydrogen-bond acceptors (Lipinski definition) is 9. The fraction of sp³-hybridized carbons (Fsp3) is 0.259. The Hall–Kier alpha value is -3.57. The van der Waals surface area contributed by atoms with Crippen LogP contribution in [0.4, 0.5) is 0 Å². The van der Waals surface area contributed by atoms with Gasteiger partial charge in [0, 0.05) is 0 Å². The molecule has 0 spiro atoms. The SMILES string of the molecule is Cc1ccc(S(=O)(=O)OC[C@@H]2O[C@@H](COC(=O)c3ccccc3)[C@@H](OC(=O)c3ccccc3)[C@H]2O)cc1. The summed E-state index contributed by atoms with van der Waals surface area (Å²) in [5, 5.41) is 10.9. The Morgan fingerprint density at radius 2 is 1.38 bits per heavy atom. The third kappa shape index (κ3) is 6.60. The molecule has 10 heteroatoms. The molecule has 1 aliphatic rings. The summed E-state index contributed by atoms with van der Waals surface area (Å²) in [6.07, 6.45) is -4.92. The molecule has 0 bridgehead atoms. The van der Waals surface area contributed by atoms with E-state index < -0.39 is 53.1 Å². The number of benzene rings is 3. The quantitative estimate of drug-likeness (QED) is 0.331. The average Bonchev–Trinajstić information content (AvgIpc) is 3.21. The van der Waals surface area contributed by atoms with Crippen molar-refractivity contribution in [2.75, 3.05) is 13.2 Å². The lowest BCUT2D eigenvalue weighted by molar-refractivity contribution is -0.0481. The zero-order chi connectivity index (χ0) is 26.4. The van der Waals surface area contributed by atoms with E-state index in [1.165, 1.54) is 12.1 Å². The van der Waals surface area contributed by atoms with Gasteiger partial charge in [0.1, 0.15) is 24.9 Å². The van der Waals surface area contributed by atoms with E-state index in [-0.39, 0.29) is 17.1 Å². The van der Waals surface area contributed by atoms with Crippen LogP contribution in [-0.2, 0) is 28.5 Å². The second kappa shape index (κ2) is 11.7. The van der Waals surface area contributed by atoms with Crippen molar-refractivity contribution in [2.24, 2.45) is 0 Å². The van der Waals surface area contributed by atoms with Gasteiger partial charge in [-0.05, 0) is 43.3 Å².